The number of imide groups is 1. The van der Waals surface area contributed by atoms with Crippen molar-refractivity contribution in [2.24, 2.45) is 0 Å². The second-order valence-corrected chi connectivity index (χ2v) is 2.82. The molecule has 4 heteroatoms. The SMILES string of the molecule is O=C1c2ccccc2C(=O)N1[CH]Cl. The van der Waals surface area contributed by atoms with Crippen LogP contribution in [0.2, 0.25) is 0 Å². The first-order valence-electron chi connectivity index (χ1n) is 3.66. The Bertz CT molecular complexity index is 354. The minimum atomic E-state index is -0.365. The number of carbonyl (C=O) groups is 2. The van der Waals surface area contributed by atoms with Crippen LogP contribution in [0, 0.1) is 6.00 Å². The first kappa shape index (κ1) is 8.26. The summed E-state index contributed by atoms with van der Waals surface area (Å²) in [4.78, 5) is 23.8. The van der Waals surface area contributed by atoms with E-state index < -0.39 is 0 Å². The zero-order valence-electron chi connectivity index (χ0n) is 6.53. The molecule has 2 amide bonds. The largest absolute Gasteiger partial charge is 0.269 e. The molecule has 65 valence electrons. The Hall–Kier alpha value is -1.35. The van der Waals surface area contributed by atoms with Crippen LogP contribution in [0.4, 0.5) is 0 Å². The number of amides is 2. The number of rotatable bonds is 1. The Morgan fingerprint density at radius 3 is 1.92 bits per heavy atom. The molecule has 0 unspecified atom stereocenters. The van der Waals surface area contributed by atoms with Crippen LogP contribution in [-0.4, -0.2) is 16.7 Å². The van der Waals surface area contributed by atoms with Gasteiger partial charge >= 0.3 is 0 Å². The summed E-state index contributed by atoms with van der Waals surface area (Å²) in [6.07, 6.45) is 0. The third-order valence-electron chi connectivity index (χ3n) is 1.92. The Morgan fingerprint density at radius 1 is 1.08 bits per heavy atom. The van der Waals surface area contributed by atoms with Gasteiger partial charge in [-0.25, -0.2) is 0 Å². The van der Waals surface area contributed by atoms with Gasteiger partial charge in [0.05, 0.1) is 11.1 Å². The Morgan fingerprint density at radius 2 is 1.54 bits per heavy atom. The number of nitrogens with zero attached hydrogens (tertiary/aromatic N) is 1. The highest BCUT2D eigenvalue weighted by Gasteiger charge is 2.34. The number of hydrogen-bond donors (Lipinski definition) is 0. The van der Waals surface area contributed by atoms with Gasteiger partial charge in [0.2, 0.25) is 0 Å². The van der Waals surface area contributed by atoms with Gasteiger partial charge in [-0.1, -0.05) is 23.7 Å². The first-order valence-corrected chi connectivity index (χ1v) is 4.10. The maximum atomic E-state index is 11.4. The molecular formula is C9H5ClNO2. The predicted molar refractivity (Wildman–Crippen MR) is 47.1 cm³/mol. The van der Waals surface area contributed by atoms with E-state index in [9.17, 15) is 9.59 Å². The fourth-order valence-corrected chi connectivity index (χ4v) is 1.47. The van der Waals surface area contributed by atoms with Crippen LogP contribution < -0.4 is 0 Å². The van der Waals surface area contributed by atoms with Crippen LogP contribution in [-0.2, 0) is 0 Å². The molecule has 1 aliphatic heterocycles. The molecule has 1 aromatic carbocycles. The average Bonchev–Trinajstić information content (AvgIpc) is 2.41. The molecule has 0 N–H and O–H groups in total. The summed E-state index contributed by atoms with van der Waals surface area (Å²) in [6.45, 7) is 0. The Labute approximate surface area is 79.9 Å². The van der Waals surface area contributed by atoms with Crippen molar-refractivity contribution in [3.05, 3.63) is 41.4 Å². The van der Waals surface area contributed by atoms with Crippen molar-refractivity contribution in [3.63, 3.8) is 0 Å². The van der Waals surface area contributed by atoms with E-state index in [-0.39, 0.29) is 11.8 Å². The number of fused-ring (bicyclic) bond motifs is 1. The number of carbonyl (C=O) groups excluding carboxylic acids is 2. The third kappa shape index (κ3) is 1.04. The van der Waals surface area contributed by atoms with Crippen LogP contribution in [0.1, 0.15) is 20.7 Å². The lowest BCUT2D eigenvalue weighted by Crippen LogP contribution is -2.24. The molecule has 0 aliphatic carbocycles. The molecule has 0 fully saturated rings. The maximum absolute atomic E-state index is 11.4. The van der Waals surface area contributed by atoms with Crippen molar-refractivity contribution in [1.29, 1.82) is 0 Å². The summed E-state index contributed by atoms with van der Waals surface area (Å²) in [5, 5.41) is 0. The normalized spacial score (nSPS) is 15.0. The van der Waals surface area contributed by atoms with Crippen LogP contribution in [0.15, 0.2) is 24.3 Å². The second kappa shape index (κ2) is 2.85. The molecule has 3 nitrogen and oxygen atoms in total. The van der Waals surface area contributed by atoms with Gasteiger partial charge in [-0.05, 0) is 12.1 Å². The second-order valence-electron chi connectivity index (χ2n) is 2.62. The van der Waals surface area contributed by atoms with E-state index >= 15 is 0 Å². The minimum Gasteiger partial charge on any atom is -0.269 e. The molecule has 1 radical (unpaired) electrons. The molecule has 0 saturated heterocycles. The van der Waals surface area contributed by atoms with E-state index in [1.807, 2.05) is 0 Å². The van der Waals surface area contributed by atoms with Gasteiger partial charge < -0.3 is 0 Å². The zero-order chi connectivity index (χ0) is 9.42. The monoisotopic (exact) mass is 194 g/mol. The van der Waals surface area contributed by atoms with Gasteiger partial charge in [0.1, 0.15) is 6.00 Å². The molecule has 0 aromatic heterocycles. The van der Waals surface area contributed by atoms with Crippen LogP contribution in [0.3, 0.4) is 0 Å². The van der Waals surface area contributed by atoms with Crippen molar-refractivity contribution in [3.8, 4) is 0 Å². The van der Waals surface area contributed by atoms with Gasteiger partial charge in [-0.2, -0.15) is 0 Å². The summed E-state index contributed by atoms with van der Waals surface area (Å²) in [5.74, 6) is -0.730. The van der Waals surface area contributed by atoms with Gasteiger partial charge in [0.25, 0.3) is 11.8 Å². The molecular weight excluding hydrogens is 190 g/mol. The smallest absolute Gasteiger partial charge is 0.262 e. The lowest BCUT2D eigenvalue weighted by Gasteiger charge is -2.06. The summed E-state index contributed by atoms with van der Waals surface area (Å²) in [5.41, 5.74) is 0.814. The lowest BCUT2D eigenvalue weighted by molar-refractivity contribution is 0.0710. The fraction of sp³-hybridized carbons (Fsp3) is 0. The molecule has 2 rings (SSSR count). The summed E-state index contributed by atoms with van der Waals surface area (Å²) < 4.78 is 0. The van der Waals surface area contributed by atoms with Crippen LogP contribution in [0.25, 0.3) is 0 Å². The first-order chi connectivity index (χ1) is 6.25. The van der Waals surface area contributed by atoms with Gasteiger partial charge in [0.15, 0.2) is 0 Å². The van der Waals surface area contributed by atoms with Crippen LogP contribution in [0.5, 0.6) is 0 Å². The highest BCUT2D eigenvalue weighted by Crippen LogP contribution is 2.23. The summed E-state index contributed by atoms with van der Waals surface area (Å²) in [6, 6.07) is 7.60. The molecule has 0 saturated carbocycles. The van der Waals surface area contributed by atoms with Gasteiger partial charge in [-0.3, -0.25) is 14.5 Å². The highest BCUT2D eigenvalue weighted by atomic mass is 35.5. The highest BCUT2D eigenvalue weighted by molar-refractivity contribution is 6.30. The lowest BCUT2D eigenvalue weighted by atomic mass is 10.1. The van der Waals surface area contributed by atoms with E-state index in [4.69, 9.17) is 11.6 Å². The van der Waals surface area contributed by atoms with Crippen molar-refractivity contribution in [2.75, 3.05) is 0 Å². The zero-order valence-corrected chi connectivity index (χ0v) is 7.28. The molecule has 1 aromatic rings. The summed E-state index contributed by atoms with van der Waals surface area (Å²) >= 11 is 5.35. The fourth-order valence-electron chi connectivity index (χ4n) is 1.30. The van der Waals surface area contributed by atoms with E-state index in [0.29, 0.717) is 11.1 Å². The number of halogens is 1. The van der Waals surface area contributed by atoms with Crippen molar-refractivity contribution in [2.45, 2.75) is 0 Å². The van der Waals surface area contributed by atoms with E-state index in [0.717, 1.165) is 10.9 Å². The molecule has 1 aliphatic rings. The summed E-state index contributed by atoms with van der Waals surface area (Å²) in [7, 11) is 0. The molecule has 13 heavy (non-hydrogen) atoms. The molecule has 0 bridgehead atoms. The number of benzene rings is 1. The topological polar surface area (TPSA) is 37.4 Å². The minimum absolute atomic E-state index is 0.365. The van der Waals surface area contributed by atoms with Crippen molar-refractivity contribution < 1.29 is 9.59 Å². The van der Waals surface area contributed by atoms with Gasteiger partial charge in [-0.15, -0.1) is 0 Å². The van der Waals surface area contributed by atoms with E-state index in [1.54, 1.807) is 24.3 Å². The maximum Gasteiger partial charge on any atom is 0.262 e. The quantitative estimate of drug-likeness (QED) is 0.504. The Kier molecular flexibility index (Phi) is 1.81. The molecule has 0 atom stereocenters. The Balaban J connectivity index is 2.57. The van der Waals surface area contributed by atoms with E-state index in [1.165, 1.54) is 0 Å². The average molecular weight is 195 g/mol. The standard InChI is InChI=1S/C9H5ClNO2/c10-5-11-8(12)6-3-1-2-4-7(6)9(11)13/h1-5H. The van der Waals surface area contributed by atoms with Crippen molar-refractivity contribution >= 4 is 23.4 Å². The molecule has 1 heterocycles. The van der Waals surface area contributed by atoms with Crippen LogP contribution >= 0.6 is 11.6 Å². The predicted octanol–water partition coefficient (Wildman–Crippen LogP) is 1.64. The van der Waals surface area contributed by atoms with E-state index in [2.05, 4.69) is 0 Å². The third-order valence-corrected chi connectivity index (χ3v) is 2.12. The van der Waals surface area contributed by atoms with Crippen molar-refractivity contribution in [1.82, 2.24) is 4.90 Å². The number of hydrogen-bond acceptors (Lipinski definition) is 2. The molecule has 0 spiro atoms. The van der Waals surface area contributed by atoms with Gasteiger partial charge in [0, 0.05) is 0 Å².